The number of hydrogen-bond donors (Lipinski definition) is 2. The summed E-state index contributed by atoms with van der Waals surface area (Å²) in [7, 11) is 0. The fraction of sp³-hybridized carbons (Fsp3) is 0.467. The van der Waals surface area contributed by atoms with Gasteiger partial charge in [-0.15, -0.1) is 0 Å². The molecule has 2 heteroatoms. The smallest absolute Gasteiger partial charge is 0.120 e. The van der Waals surface area contributed by atoms with Crippen LogP contribution in [0.4, 0.5) is 5.69 Å². The van der Waals surface area contributed by atoms with Crippen LogP contribution in [0.3, 0.4) is 0 Å². The van der Waals surface area contributed by atoms with E-state index < -0.39 is 0 Å². The normalized spacial score (nSPS) is 29.8. The number of phenolic OH excluding ortho intramolecular Hbond substituents is 1. The molecule has 0 aromatic heterocycles. The Morgan fingerprint density at radius 2 is 2.18 bits per heavy atom. The maximum atomic E-state index is 9.65. The number of phenols is 1. The summed E-state index contributed by atoms with van der Waals surface area (Å²) in [5.41, 5.74) is 1.96. The first-order valence-corrected chi connectivity index (χ1v) is 6.44. The first-order chi connectivity index (χ1) is 8.22. The van der Waals surface area contributed by atoms with Crippen molar-refractivity contribution in [2.24, 2.45) is 17.8 Å². The Labute approximate surface area is 102 Å². The lowest BCUT2D eigenvalue weighted by Gasteiger charge is -2.19. The summed E-state index contributed by atoms with van der Waals surface area (Å²) in [5, 5.41) is 13.1. The van der Waals surface area contributed by atoms with Crippen molar-refractivity contribution in [3.05, 3.63) is 35.9 Å². The molecule has 2 N–H and O–H groups in total. The number of rotatable bonds is 3. The van der Waals surface area contributed by atoms with E-state index in [0.717, 1.165) is 35.5 Å². The number of fused-ring (bicyclic) bond motifs is 2. The number of anilines is 1. The lowest BCUT2D eigenvalue weighted by Crippen LogP contribution is -2.18. The molecule has 3 atom stereocenters. The molecule has 0 radical (unpaired) electrons. The van der Waals surface area contributed by atoms with E-state index in [-0.39, 0.29) is 0 Å². The summed E-state index contributed by atoms with van der Waals surface area (Å²) in [6.45, 7) is 2.94. The van der Waals surface area contributed by atoms with Crippen molar-refractivity contribution in [3.8, 4) is 5.75 Å². The molecule has 17 heavy (non-hydrogen) atoms. The average Bonchev–Trinajstić information content (AvgIpc) is 2.92. The molecule has 3 rings (SSSR count). The zero-order valence-electron chi connectivity index (χ0n) is 10.2. The van der Waals surface area contributed by atoms with Crippen LogP contribution in [-0.2, 0) is 0 Å². The molecular weight excluding hydrogens is 210 g/mol. The third kappa shape index (κ3) is 2.04. The molecule has 0 saturated heterocycles. The van der Waals surface area contributed by atoms with Crippen LogP contribution in [0.25, 0.3) is 0 Å². The molecule has 0 heterocycles. The van der Waals surface area contributed by atoms with Crippen LogP contribution in [0.5, 0.6) is 5.75 Å². The molecule has 2 aliphatic carbocycles. The van der Waals surface area contributed by atoms with Gasteiger partial charge in [-0.05, 0) is 49.1 Å². The first kappa shape index (κ1) is 10.7. The summed E-state index contributed by atoms with van der Waals surface area (Å²) in [5.74, 6) is 2.76. The van der Waals surface area contributed by atoms with Gasteiger partial charge in [0, 0.05) is 18.3 Å². The molecule has 0 amide bonds. The van der Waals surface area contributed by atoms with Crippen LogP contribution in [0.15, 0.2) is 30.4 Å². The second-order valence-electron chi connectivity index (χ2n) is 5.42. The van der Waals surface area contributed by atoms with E-state index in [1.54, 1.807) is 0 Å². The van der Waals surface area contributed by atoms with Gasteiger partial charge in [-0.3, -0.25) is 0 Å². The maximum Gasteiger partial charge on any atom is 0.120 e. The molecule has 0 aliphatic heterocycles. The third-order valence-electron chi connectivity index (χ3n) is 4.19. The van der Waals surface area contributed by atoms with Crippen LogP contribution < -0.4 is 5.32 Å². The van der Waals surface area contributed by atoms with Crippen molar-refractivity contribution in [1.29, 1.82) is 0 Å². The summed E-state index contributed by atoms with van der Waals surface area (Å²) < 4.78 is 0. The summed E-state index contributed by atoms with van der Waals surface area (Å²) >= 11 is 0. The van der Waals surface area contributed by atoms with Crippen molar-refractivity contribution < 1.29 is 5.11 Å². The molecule has 2 nitrogen and oxygen atoms in total. The van der Waals surface area contributed by atoms with E-state index >= 15 is 0 Å². The molecule has 0 spiro atoms. The lowest BCUT2D eigenvalue weighted by molar-refractivity contribution is 0.467. The summed E-state index contributed by atoms with van der Waals surface area (Å²) in [4.78, 5) is 0. The highest BCUT2D eigenvalue weighted by atomic mass is 16.3. The minimum Gasteiger partial charge on any atom is -0.508 e. The standard InChI is InChI=1S/C15H19NO/c1-10-2-5-14(8-15(10)17)16-9-13-7-11-3-4-12(13)6-11/h2-5,8,11-13,16-17H,6-7,9H2,1H3. The van der Waals surface area contributed by atoms with Crippen molar-refractivity contribution >= 4 is 5.69 Å². The monoisotopic (exact) mass is 229 g/mol. The molecular formula is C15H19NO. The first-order valence-electron chi connectivity index (χ1n) is 6.44. The van der Waals surface area contributed by atoms with E-state index in [1.807, 2.05) is 25.1 Å². The largest absolute Gasteiger partial charge is 0.508 e. The minimum absolute atomic E-state index is 0.378. The van der Waals surface area contributed by atoms with Gasteiger partial charge in [0.05, 0.1) is 0 Å². The number of benzene rings is 1. The molecule has 1 fully saturated rings. The van der Waals surface area contributed by atoms with E-state index in [0.29, 0.717) is 5.75 Å². The zero-order valence-corrected chi connectivity index (χ0v) is 10.2. The Bertz CT molecular complexity index is 452. The van der Waals surface area contributed by atoms with E-state index in [1.165, 1.54) is 12.8 Å². The van der Waals surface area contributed by atoms with Gasteiger partial charge < -0.3 is 10.4 Å². The van der Waals surface area contributed by atoms with Crippen molar-refractivity contribution in [2.75, 3.05) is 11.9 Å². The molecule has 1 aromatic carbocycles. The molecule has 3 unspecified atom stereocenters. The summed E-state index contributed by atoms with van der Waals surface area (Å²) in [6, 6.07) is 5.81. The highest BCUT2D eigenvalue weighted by molar-refractivity contribution is 5.51. The Balaban J connectivity index is 1.61. The zero-order chi connectivity index (χ0) is 11.8. The Kier molecular flexibility index (Phi) is 2.58. The van der Waals surface area contributed by atoms with Gasteiger partial charge in [0.2, 0.25) is 0 Å². The fourth-order valence-corrected chi connectivity index (χ4v) is 3.10. The topological polar surface area (TPSA) is 32.3 Å². The average molecular weight is 229 g/mol. The third-order valence-corrected chi connectivity index (χ3v) is 4.19. The van der Waals surface area contributed by atoms with Gasteiger partial charge in [0.25, 0.3) is 0 Å². The van der Waals surface area contributed by atoms with Gasteiger partial charge in [0.15, 0.2) is 0 Å². The fourth-order valence-electron chi connectivity index (χ4n) is 3.10. The molecule has 1 saturated carbocycles. The highest BCUT2D eigenvalue weighted by Crippen LogP contribution is 2.43. The number of nitrogens with one attached hydrogen (secondary N) is 1. The predicted molar refractivity (Wildman–Crippen MR) is 70.2 cm³/mol. The second kappa shape index (κ2) is 4.10. The Morgan fingerprint density at radius 1 is 1.29 bits per heavy atom. The van der Waals surface area contributed by atoms with Gasteiger partial charge in [-0.1, -0.05) is 18.2 Å². The molecule has 2 bridgehead atoms. The Hall–Kier alpha value is -1.44. The minimum atomic E-state index is 0.378. The SMILES string of the molecule is Cc1ccc(NCC2CC3C=CC2C3)cc1O. The maximum absolute atomic E-state index is 9.65. The summed E-state index contributed by atoms with van der Waals surface area (Å²) in [6.07, 6.45) is 7.43. The van der Waals surface area contributed by atoms with E-state index in [2.05, 4.69) is 17.5 Å². The molecule has 1 aromatic rings. The quantitative estimate of drug-likeness (QED) is 0.779. The van der Waals surface area contributed by atoms with Gasteiger partial charge in [0.1, 0.15) is 5.75 Å². The van der Waals surface area contributed by atoms with Crippen LogP contribution in [0.1, 0.15) is 18.4 Å². The number of aromatic hydroxyl groups is 1. The number of hydrogen-bond acceptors (Lipinski definition) is 2. The van der Waals surface area contributed by atoms with Crippen molar-refractivity contribution in [2.45, 2.75) is 19.8 Å². The Morgan fingerprint density at radius 3 is 2.82 bits per heavy atom. The molecule has 90 valence electrons. The van der Waals surface area contributed by atoms with Gasteiger partial charge >= 0.3 is 0 Å². The lowest BCUT2D eigenvalue weighted by atomic mass is 9.93. The number of allylic oxidation sites excluding steroid dienone is 2. The van der Waals surface area contributed by atoms with Crippen LogP contribution in [0.2, 0.25) is 0 Å². The highest BCUT2D eigenvalue weighted by Gasteiger charge is 2.35. The van der Waals surface area contributed by atoms with E-state index in [4.69, 9.17) is 0 Å². The van der Waals surface area contributed by atoms with E-state index in [9.17, 15) is 5.11 Å². The molecule has 2 aliphatic rings. The van der Waals surface area contributed by atoms with Crippen molar-refractivity contribution in [1.82, 2.24) is 0 Å². The van der Waals surface area contributed by atoms with Gasteiger partial charge in [-0.25, -0.2) is 0 Å². The van der Waals surface area contributed by atoms with Crippen LogP contribution in [0, 0.1) is 24.7 Å². The van der Waals surface area contributed by atoms with Crippen molar-refractivity contribution in [3.63, 3.8) is 0 Å². The second-order valence-corrected chi connectivity index (χ2v) is 5.42. The van der Waals surface area contributed by atoms with Crippen LogP contribution in [-0.4, -0.2) is 11.7 Å². The predicted octanol–water partition coefficient (Wildman–Crippen LogP) is 3.32. The van der Waals surface area contributed by atoms with Gasteiger partial charge in [-0.2, -0.15) is 0 Å². The van der Waals surface area contributed by atoms with Crippen LogP contribution >= 0.6 is 0 Å². The number of aryl methyl sites for hydroxylation is 1.